The Labute approximate surface area is 210 Å². The Morgan fingerprint density at radius 2 is 2.08 bits per heavy atom. The molecule has 2 aromatic heterocycles. The Kier molecular flexibility index (Phi) is 7.41. The number of anilines is 1. The minimum Gasteiger partial charge on any atom is -0.480 e. The largest absolute Gasteiger partial charge is 0.480 e. The van der Waals surface area contributed by atoms with Crippen molar-refractivity contribution >= 4 is 28.6 Å². The number of rotatable bonds is 10. The summed E-state index contributed by atoms with van der Waals surface area (Å²) >= 11 is 0. The molecule has 8 heteroatoms. The number of aliphatic carboxylic acids is 1. The van der Waals surface area contributed by atoms with Gasteiger partial charge in [-0.3, -0.25) is 9.78 Å². The molecule has 1 aliphatic carbocycles. The van der Waals surface area contributed by atoms with Gasteiger partial charge in [0, 0.05) is 42.4 Å². The number of aryl methyl sites for hydroxylation is 2. The molecule has 1 amide bonds. The number of hydrogen-bond donors (Lipinski definition) is 3. The van der Waals surface area contributed by atoms with Crippen LogP contribution in [0.2, 0.25) is 0 Å². The van der Waals surface area contributed by atoms with Crippen molar-refractivity contribution in [3.05, 3.63) is 65.5 Å². The van der Waals surface area contributed by atoms with Crippen molar-refractivity contribution in [2.45, 2.75) is 57.1 Å². The van der Waals surface area contributed by atoms with Crippen LogP contribution >= 0.6 is 0 Å². The zero-order chi connectivity index (χ0) is 24.9. The van der Waals surface area contributed by atoms with Gasteiger partial charge in [-0.15, -0.1) is 0 Å². The van der Waals surface area contributed by atoms with Gasteiger partial charge in [0.2, 0.25) is 0 Å². The van der Waals surface area contributed by atoms with Gasteiger partial charge in [0.05, 0.1) is 11.6 Å². The van der Waals surface area contributed by atoms with Crippen molar-refractivity contribution in [2.75, 3.05) is 18.5 Å². The molecule has 3 heterocycles. The first-order valence-electron chi connectivity index (χ1n) is 12.8. The van der Waals surface area contributed by atoms with Crippen LogP contribution in [0.1, 0.15) is 53.7 Å². The number of nitrogens with one attached hydrogen (secondary N) is 2. The fourth-order valence-electron chi connectivity index (χ4n) is 4.97. The van der Waals surface area contributed by atoms with Crippen LogP contribution < -0.4 is 10.6 Å². The van der Waals surface area contributed by atoms with Gasteiger partial charge in [-0.2, -0.15) is 0 Å². The van der Waals surface area contributed by atoms with Crippen LogP contribution in [-0.2, 0) is 22.4 Å². The minimum absolute atomic E-state index is 0.159. The number of fused-ring (bicyclic) bond motifs is 2. The van der Waals surface area contributed by atoms with Gasteiger partial charge in [-0.25, -0.2) is 9.78 Å². The summed E-state index contributed by atoms with van der Waals surface area (Å²) in [5, 5.41) is 16.4. The molecule has 1 aromatic carbocycles. The molecular weight excluding hydrogens is 456 g/mol. The van der Waals surface area contributed by atoms with Gasteiger partial charge in [-0.1, -0.05) is 12.1 Å². The van der Waals surface area contributed by atoms with Crippen LogP contribution in [0.5, 0.6) is 0 Å². The highest BCUT2D eigenvalue weighted by atomic mass is 16.5. The number of carboxylic acid groups (broad SMARTS) is 1. The molecule has 0 spiro atoms. The smallest absolute Gasteiger partial charge is 0.326 e. The maximum Gasteiger partial charge on any atom is 0.326 e. The Morgan fingerprint density at radius 3 is 2.94 bits per heavy atom. The van der Waals surface area contributed by atoms with E-state index in [2.05, 4.69) is 27.8 Å². The van der Waals surface area contributed by atoms with Crippen molar-refractivity contribution in [3.63, 3.8) is 0 Å². The first-order valence-corrected chi connectivity index (χ1v) is 12.8. The summed E-state index contributed by atoms with van der Waals surface area (Å²) in [5.74, 6) is 0.181. The van der Waals surface area contributed by atoms with Crippen molar-refractivity contribution in [2.24, 2.45) is 5.92 Å². The summed E-state index contributed by atoms with van der Waals surface area (Å²) in [6.07, 6.45) is 8.36. The molecular formula is C28H32N4O4. The summed E-state index contributed by atoms with van der Waals surface area (Å²) in [5.41, 5.74) is 3.64. The molecule has 1 fully saturated rings. The average Bonchev–Trinajstić information content (AvgIpc) is 2.88. The maximum atomic E-state index is 12.6. The van der Waals surface area contributed by atoms with Gasteiger partial charge in [0.25, 0.3) is 5.91 Å². The minimum atomic E-state index is -1.06. The SMILES string of the molecule is O=C(NC(CCO[C@H]1C[C@H](CCc2ccc3c(n2)NCCC3)C1)C(=O)O)c1ccc2ncccc2c1. The number of carbonyl (C=O) groups excluding carboxylic acids is 1. The summed E-state index contributed by atoms with van der Waals surface area (Å²) in [6, 6.07) is 12.2. The maximum absolute atomic E-state index is 12.6. The van der Waals surface area contributed by atoms with E-state index in [0.29, 0.717) is 18.1 Å². The number of hydrogen-bond acceptors (Lipinski definition) is 6. The van der Waals surface area contributed by atoms with Crippen molar-refractivity contribution in [1.82, 2.24) is 15.3 Å². The van der Waals surface area contributed by atoms with Crippen LogP contribution in [0, 0.1) is 5.92 Å². The lowest BCUT2D eigenvalue weighted by molar-refractivity contribution is -0.140. The highest BCUT2D eigenvalue weighted by Gasteiger charge is 2.30. The number of aromatic nitrogens is 2. The lowest BCUT2D eigenvalue weighted by Gasteiger charge is -2.35. The van der Waals surface area contributed by atoms with E-state index >= 15 is 0 Å². The van der Waals surface area contributed by atoms with E-state index in [4.69, 9.17) is 9.72 Å². The van der Waals surface area contributed by atoms with E-state index in [1.165, 1.54) is 12.0 Å². The highest BCUT2D eigenvalue weighted by molar-refractivity contribution is 5.99. The van der Waals surface area contributed by atoms with Gasteiger partial charge < -0.3 is 20.5 Å². The molecule has 1 atom stereocenters. The Morgan fingerprint density at radius 1 is 1.19 bits per heavy atom. The topological polar surface area (TPSA) is 113 Å². The quantitative estimate of drug-likeness (QED) is 0.395. The molecule has 8 nitrogen and oxygen atoms in total. The second-order valence-electron chi connectivity index (χ2n) is 9.77. The zero-order valence-electron chi connectivity index (χ0n) is 20.3. The van der Waals surface area contributed by atoms with Gasteiger partial charge in [-0.05, 0) is 80.3 Å². The number of amides is 1. The van der Waals surface area contributed by atoms with Gasteiger partial charge >= 0.3 is 5.97 Å². The summed E-state index contributed by atoms with van der Waals surface area (Å²) in [6.45, 7) is 1.30. The van der Waals surface area contributed by atoms with E-state index in [9.17, 15) is 14.7 Å². The third-order valence-electron chi connectivity index (χ3n) is 7.18. The normalized spacial score (nSPS) is 19.6. The molecule has 188 valence electrons. The Balaban J connectivity index is 1.03. The molecule has 0 saturated heterocycles. The van der Waals surface area contributed by atoms with Crippen molar-refractivity contribution < 1.29 is 19.4 Å². The molecule has 0 radical (unpaired) electrons. The molecule has 0 bridgehead atoms. The number of ether oxygens (including phenoxy) is 1. The number of benzene rings is 1. The van der Waals surface area contributed by atoms with Crippen LogP contribution in [0.4, 0.5) is 5.82 Å². The second kappa shape index (κ2) is 11.0. The van der Waals surface area contributed by atoms with Crippen molar-refractivity contribution in [1.29, 1.82) is 0 Å². The van der Waals surface area contributed by atoms with Crippen LogP contribution in [0.15, 0.2) is 48.7 Å². The second-order valence-corrected chi connectivity index (χ2v) is 9.77. The number of carbonyl (C=O) groups is 2. The molecule has 2 aliphatic rings. The van der Waals surface area contributed by atoms with Gasteiger partial charge in [0.15, 0.2) is 0 Å². The first kappa shape index (κ1) is 24.2. The fraction of sp³-hybridized carbons (Fsp3) is 0.429. The monoisotopic (exact) mass is 488 g/mol. The lowest BCUT2D eigenvalue weighted by atomic mass is 9.79. The highest BCUT2D eigenvalue weighted by Crippen LogP contribution is 2.34. The molecule has 1 unspecified atom stereocenters. The average molecular weight is 489 g/mol. The predicted molar refractivity (Wildman–Crippen MR) is 137 cm³/mol. The molecule has 3 N–H and O–H groups in total. The fourth-order valence-corrected chi connectivity index (χ4v) is 4.97. The Bertz CT molecular complexity index is 1240. The van der Waals surface area contributed by atoms with Crippen LogP contribution in [0.25, 0.3) is 10.9 Å². The van der Waals surface area contributed by atoms with Crippen LogP contribution in [0.3, 0.4) is 0 Å². The van der Waals surface area contributed by atoms with E-state index < -0.39 is 17.9 Å². The van der Waals surface area contributed by atoms with E-state index in [-0.39, 0.29) is 12.5 Å². The molecule has 5 rings (SSSR count). The van der Waals surface area contributed by atoms with E-state index in [1.54, 1.807) is 30.5 Å². The van der Waals surface area contributed by atoms with E-state index in [0.717, 1.165) is 61.1 Å². The van der Waals surface area contributed by atoms with Crippen molar-refractivity contribution in [3.8, 4) is 0 Å². The summed E-state index contributed by atoms with van der Waals surface area (Å²) in [4.78, 5) is 33.4. The van der Waals surface area contributed by atoms with Crippen LogP contribution in [-0.4, -0.2) is 52.2 Å². The predicted octanol–water partition coefficient (Wildman–Crippen LogP) is 3.99. The number of pyridine rings is 2. The first-order chi connectivity index (χ1) is 17.5. The number of carboxylic acids is 1. The standard InChI is InChI=1S/C28H32N4O4/c33-27(21-7-10-24-20(17-21)4-2-12-29-24)32-25(28(34)35)11-14-36-23-15-18(16-23)5-8-22-9-6-19-3-1-13-30-26(19)31-22/h2,4,6-7,9-10,12,17-18,23,25H,1,3,5,8,11,13-16H2,(H,30,31)(H,32,33)(H,34,35)/t18-,23-,25?. The molecule has 1 aliphatic heterocycles. The molecule has 3 aromatic rings. The van der Waals surface area contributed by atoms with E-state index in [1.807, 2.05) is 6.07 Å². The summed E-state index contributed by atoms with van der Waals surface area (Å²) < 4.78 is 5.91. The summed E-state index contributed by atoms with van der Waals surface area (Å²) in [7, 11) is 0. The Hall–Kier alpha value is -3.52. The third-order valence-corrected chi connectivity index (χ3v) is 7.18. The molecule has 1 saturated carbocycles. The lowest BCUT2D eigenvalue weighted by Crippen LogP contribution is -2.42. The third kappa shape index (κ3) is 5.82. The number of nitrogens with zero attached hydrogens (tertiary/aromatic N) is 2. The molecule has 36 heavy (non-hydrogen) atoms. The van der Waals surface area contributed by atoms with Gasteiger partial charge in [0.1, 0.15) is 11.9 Å². The zero-order valence-corrected chi connectivity index (χ0v) is 20.3.